The number of likely N-dealkylation sites (tertiary alicyclic amines) is 1. The Kier molecular flexibility index (Phi) is 11.2. The highest BCUT2D eigenvalue weighted by Crippen LogP contribution is 2.23. The predicted octanol–water partition coefficient (Wildman–Crippen LogP) is 3.34. The van der Waals surface area contributed by atoms with E-state index in [2.05, 4.69) is 29.4 Å². The maximum atomic E-state index is 13.2. The van der Waals surface area contributed by atoms with Crippen LogP contribution in [0.15, 0.2) is 11.6 Å². The van der Waals surface area contributed by atoms with Gasteiger partial charge in [0, 0.05) is 11.6 Å². The molecule has 3 atom stereocenters. The summed E-state index contributed by atoms with van der Waals surface area (Å²) in [6.07, 6.45) is 6.49. The zero-order valence-electron chi connectivity index (χ0n) is 20.4. The normalized spacial score (nSPS) is 20.1. The number of aliphatic carboxylic acids is 1. The lowest BCUT2D eigenvalue weighted by molar-refractivity contribution is -0.134. The Morgan fingerprint density at radius 1 is 1.03 bits per heavy atom. The highest BCUT2D eigenvalue weighted by Gasteiger charge is 2.35. The molecular formula is C24H43N3O4. The maximum Gasteiger partial charge on any atom is 0.331 e. The maximum absolute atomic E-state index is 13.2. The summed E-state index contributed by atoms with van der Waals surface area (Å²) in [5.41, 5.74) is 0.187. The van der Waals surface area contributed by atoms with E-state index in [1.165, 1.54) is 6.92 Å². The van der Waals surface area contributed by atoms with E-state index >= 15 is 0 Å². The highest BCUT2D eigenvalue weighted by atomic mass is 16.4. The Bertz CT molecular complexity index is 641. The van der Waals surface area contributed by atoms with Gasteiger partial charge in [-0.05, 0) is 51.0 Å². The molecule has 0 aromatic rings. The zero-order chi connectivity index (χ0) is 23.7. The monoisotopic (exact) mass is 437 g/mol. The number of carbonyl (C=O) groups is 3. The Hall–Kier alpha value is -1.89. The minimum atomic E-state index is -1.01. The molecule has 7 heteroatoms. The predicted molar refractivity (Wildman–Crippen MR) is 124 cm³/mol. The van der Waals surface area contributed by atoms with Crippen LogP contribution in [0.5, 0.6) is 0 Å². The van der Waals surface area contributed by atoms with Gasteiger partial charge in [-0.25, -0.2) is 4.79 Å². The van der Waals surface area contributed by atoms with Crippen molar-refractivity contribution < 1.29 is 19.5 Å². The smallest absolute Gasteiger partial charge is 0.331 e. The number of carboxylic acid groups (broad SMARTS) is 1. The molecule has 1 saturated heterocycles. The van der Waals surface area contributed by atoms with E-state index in [1.54, 1.807) is 6.08 Å². The van der Waals surface area contributed by atoms with Crippen LogP contribution in [0.3, 0.4) is 0 Å². The Morgan fingerprint density at radius 3 is 2.13 bits per heavy atom. The van der Waals surface area contributed by atoms with E-state index in [4.69, 9.17) is 0 Å². The van der Waals surface area contributed by atoms with Crippen LogP contribution in [0, 0.1) is 11.8 Å². The molecule has 7 nitrogen and oxygen atoms in total. The van der Waals surface area contributed by atoms with Crippen molar-refractivity contribution in [1.82, 2.24) is 15.5 Å². The van der Waals surface area contributed by atoms with Gasteiger partial charge in [0.05, 0.1) is 12.1 Å². The number of nitrogens with zero attached hydrogens (tertiary/aromatic N) is 1. The van der Waals surface area contributed by atoms with Crippen molar-refractivity contribution in [1.29, 1.82) is 0 Å². The van der Waals surface area contributed by atoms with Crippen LogP contribution in [0.1, 0.15) is 80.6 Å². The Morgan fingerprint density at radius 2 is 1.65 bits per heavy atom. The summed E-state index contributed by atoms with van der Waals surface area (Å²) in [6.45, 7) is 14.4. The summed E-state index contributed by atoms with van der Waals surface area (Å²) in [4.78, 5) is 39.8. The molecule has 0 spiro atoms. The first-order valence-corrected chi connectivity index (χ1v) is 11.8. The van der Waals surface area contributed by atoms with Gasteiger partial charge in [-0.2, -0.15) is 0 Å². The average molecular weight is 438 g/mol. The van der Waals surface area contributed by atoms with Crippen molar-refractivity contribution >= 4 is 17.8 Å². The third kappa shape index (κ3) is 7.95. The van der Waals surface area contributed by atoms with Crippen LogP contribution in [0.25, 0.3) is 0 Å². The molecule has 0 radical (unpaired) electrons. The van der Waals surface area contributed by atoms with E-state index in [9.17, 15) is 19.5 Å². The van der Waals surface area contributed by atoms with Crippen molar-refractivity contribution in [3.05, 3.63) is 11.6 Å². The molecule has 1 aliphatic heterocycles. The number of nitrogens with one attached hydrogen (secondary N) is 2. The molecule has 1 rings (SSSR count). The Balaban J connectivity index is 2.97. The second kappa shape index (κ2) is 12.8. The Labute approximate surface area is 188 Å². The summed E-state index contributed by atoms with van der Waals surface area (Å²) < 4.78 is 0. The summed E-state index contributed by atoms with van der Waals surface area (Å²) in [5.74, 6) is -1.44. The minimum absolute atomic E-state index is 0.0190. The third-order valence-corrected chi connectivity index (χ3v) is 6.30. The minimum Gasteiger partial charge on any atom is -0.478 e. The fourth-order valence-corrected chi connectivity index (χ4v) is 4.21. The molecule has 0 aliphatic carbocycles. The molecule has 0 saturated carbocycles. The lowest BCUT2D eigenvalue weighted by Crippen LogP contribution is -2.59. The summed E-state index contributed by atoms with van der Waals surface area (Å²) in [7, 11) is 0. The first-order chi connectivity index (χ1) is 14.5. The largest absolute Gasteiger partial charge is 0.478 e. The summed E-state index contributed by atoms with van der Waals surface area (Å²) in [6, 6.07) is -0.921. The number of piperidine rings is 1. The second-order valence-electron chi connectivity index (χ2n) is 9.38. The molecule has 0 aromatic heterocycles. The zero-order valence-corrected chi connectivity index (χ0v) is 20.4. The average Bonchev–Trinajstić information content (AvgIpc) is 2.71. The van der Waals surface area contributed by atoms with Crippen molar-refractivity contribution in [3.8, 4) is 0 Å². The van der Waals surface area contributed by atoms with Gasteiger partial charge in [-0.1, -0.05) is 54.0 Å². The first kappa shape index (κ1) is 27.1. The van der Waals surface area contributed by atoms with Crippen LogP contribution in [-0.4, -0.2) is 58.5 Å². The number of hydrogen-bond acceptors (Lipinski definition) is 4. The summed E-state index contributed by atoms with van der Waals surface area (Å²) >= 11 is 0. The quantitative estimate of drug-likeness (QED) is 0.431. The van der Waals surface area contributed by atoms with Gasteiger partial charge in [0.1, 0.15) is 6.04 Å². The number of amides is 2. The number of rotatable bonds is 11. The van der Waals surface area contributed by atoms with Crippen LogP contribution < -0.4 is 10.6 Å². The van der Waals surface area contributed by atoms with E-state index in [0.717, 1.165) is 38.6 Å². The van der Waals surface area contributed by atoms with Gasteiger partial charge in [-0.15, -0.1) is 0 Å². The molecular weight excluding hydrogens is 394 g/mol. The highest BCUT2D eigenvalue weighted by molar-refractivity contribution is 5.90. The van der Waals surface area contributed by atoms with Crippen molar-refractivity contribution in [3.63, 3.8) is 0 Å². The van der Waals surface area contributed by atoms with Gasteiger partial charge in [0.15, 0.2) is 0 Å². The molecule has 3 N–H and O–H groups in total. The van der Waals surface area contributed by atoms with Gasteiger partial charge in [0.2, 0.25) is 11.8 Å². The fourth-order valence-electron chi connectivity index (χ4n) is 4.21. The second-order valence-corrected chi connectivity index (χ2v) is 9.38. The van der Waals surface area contributed by atoms with Gasteiger partial charge in [0.25, 0.3) is 0 Å². The molecule has 31 heavy (non-hydrogen) atoms. The van der Waals surface area contributed by atoms with Crippen LogP contribution in [0.4, 0.5) is 0 Å². The van der Waals surface area contributed by atoms with Gasteiger partial charge in [-0.3, -0.25) is 14.5 Å². The number of hydrogen-bond donors (Lipinski definition) is 3. The summed E-state index contributed by atoms with van der Waals surface area (Å²) in [5, 5.41) is 15.1. The first-order valence-electron chi connectivity index (χ1n) is 11.8. The number of carbonyl (C=O) groups excluding carboxylic acids is 2. The third-order valence-electron chi connectivity index (χ3n) is 6.30. The van der Waals surface area contributed by atoms with Crippen molar-refractivity contribution in [2.45, 2.75) is 105 Å². The van der Waals surface area contributed by atoms with Crippen LogP contribution in [-0.2, 0) is 14.4 Å². The molecule has 1 heterocycles. The van der Waals surface area contributed by atoms with Gasteiger partial charge >= 0.3 is 5.97 Å². The molecule has 1 fully saturated rings. The van der Waals surface area contributed by atoms with E-state index in [1.807, 2.05) is 27.7 Å². The number of carboxylic acids is 1. The fraction of sp³-hybridized carbons (Fsp3) is 0.792. The van der Waals surface area contributed by atoms with E-state index in [0.29, 0.717) is 6.04 Å². The van der Waals surface area contributed by atoms with Crippen molar-refractivity contribution in [2.75, 3.05) is 6.54 Å². The molecule has 2 amide bonds. The topological polar surface area (TPSA) is 98.7 Å². The SMILES string of the molecule is CCC(CC)N1CCCCC1C(=O)NC(C(=O)NC(/C=C(\C)C(=O)O)C(C)C)C(C)C. The van der Waals surface area contributed by atoms with Gasteiger partial charge < -0.3 is 15.7 Å². The van der Waals surface area contributed by atoms with Crippen molar-refractivity contribution in [2.24, 2.45) is 11.8 Å². The molecule has 0 bridgehead atoms. The standard InChI is InChI=1S/C24H43N3O4/c1-8-18(9-2)27-13-11-10-12-20(27)22(28)26-21(16(5)6)23(29)25-19(15(3)4)14-17(7)24(30)31/h14-16,18-21H,8-13H2,1-7H3,(H,25,29)(H,26,28)(H,30,31)/b17-14+. The van der Waals surface area contributed by atoms with E-state index < -0.39 is 18.1 Å². The lowest BCUT2D eigenvalue weighted by atomic mass is 9.95. The lowest BCUT2D eigenvalue weighted by Gasteiger charge is -2.40. The van der Waals surface area contributed by atoms with Crippen LogP contribution in [0.2, 0.25) is 0 Å². The van der Waals surface area contributed by atoms with Crippen LogP contribution >= 0.6 is 0 Å². The molecule has 3 unspecified atom stereocenters. The molecule has 0 aromatic carbocycles. The molecule has 1 aliphatic rings. The van der Waals surface area contributed by atoms with E-state index in [-0.39, 0.29) is 35.3 Å². The molecule has 178 valence electrons.